The van der Waals surface area contributed by atoms with Crippen molar-refractivity contribution >= 4 is 12.6 Å². The molecule has 0 radical (unpaired) electrons. The van der Waals surface area contributed by atoms with Gasteiger partial charge in [-0.15, -0.1) is 0 Å². The Hall–Kier alpha value is -1.28. The van der Waals surface area contributed by atoms with E-state index < -0.39 is 43.7 Å². The molecule has 0 spiro atoms. The van der Waals surface area contributed by atoms with E-state index in [9.17, 15) is 13.2 Å². The van der Waals surface area contributed by atoms with Crippen molar-refractivity contribution in [2.75, 3.05) is 6.56 Å². The number of alkyl halides is 3. The maximum Gasteiger partial charge on any atom is 0.488 e. The summed E-state index contributed by atoms with van der Waals surface area (Å²) >= 11 is 0. The van der Waals surface area contributed by atoms with Gasteiger partial charge in [0.25, 0.3) is 0 Å². The van der Waals surface area contributed by atoms with Crippen LogP contribution in [0.4, 0.5) is 13.2 Å². The first kappa shape index (κ1) is 7.13. The topological polar surface area (TPSA) is 62.6 Å². The van der Waals surface area contributed by atoms with Crippen LogP contribution in [0.2, 0.25) is 0 Å². The fraction of sp³-hybridized carbons (Fsp3) is 0.375. The highest BCUT2D eigenvalue weighted by atomic mass is 19.4. The zero-order valence-corrected chi connectivity index (χ0v) is 7.62. The zero-order valence-electron chi connectivity index (χ0n) is 12.6. The largest absolute Gasteiger partial charge is 0.488 e. The molecule has 88 valence electrons. The van der Waals surface area contributed by atoms with Crippen LogP contribution in [0.25, 0.3) is 0 Å². The predicted molar refractivity (Wildman–Crippen MR) is 50.2 cm³/mol. The second kappa shape index (κ2) is 4.71. The number of aromatic nitrogens is 1. The molecule has 4 nitrogen and oxygen atoms in total. The number of hydrogen-bond acceptors (Lipinski definition) is 4. The van der Waals surface area contributed by atoms with E-state index in [4.69, 9.17) is 16.9 Å². The molecule has 1 aromatic heterocycles. The molecule has 1 heterocycles. The molecule has 0 fully saturated rings. The Morgan fingerprint density at radius 1 is 1.56 bits per heavy atom. The third kappa shape index (κ3) is 3.11. The number of pyridine rings is 1. The summed E-state index contributed by atoms with van der Waals surface area (Å²) in [6, 6.07) is 0.923. The fourth-order valence-electron chi connectivity index (χ4n) is 0.924. The Bertz CT molecular complexity index is 523. The molecule has 8 heteroatoms. The zero-order chi connectivity index (χ0) is 16.6. The second-order valence-electron chi connectivity index (χ2n) is 2.70. The van der Waals surface area contributed by atoms with Crippen molar-refractivity contribution < 1.29 is 34.8 Å². The van der Waals surface area contributed by atoms with Gasteiger partial charge < -0.3 is 14.8 Å². The van der Waals surface area contributed by atoms with Crippen molar-refractivity contribution in [3.8, 4) is 5.88 Å². The molecule has 0 saturated carbocycles. The lowest BCUT2D eigenvalue weighted by Crippen LogP contribution is -2.31. The van der Waals surface area contributed by atoms with Gasteiger partial charge in [-0.2, -0.15) is 13.2 Å². The lowest BCUT2D eigenvalue weighted by molar-refractivity contribution is -0.141. The minimum Gasteiger partial charge on any atom is -0.478 e. The van der Waals surface area contributed by atoms with Crippen LogP contribution in [0.1, 0.15) is 19.4 Å². The van der Waals surface area contributed by atoms with E-state index in [1.54, 1.807) is 0 Å². The lowest BCUT2D eigenvalue weighted by Gasteiger charge is -2.10. The molecule has 1 rings (SSSR count). The van der Waals surface area contributed by atoms with Crippen molar-refractivity contribution in [2.24, 2.45) is 0 Å². The SMILES string of the molecule is [2H]C([2H])([2H])C([2H])([2H])Oc1cc(B(O)O)cc(C(F)(F)F)n1. The first-order chi connectivity index (χ1) is 9.24. The predicted octanol–water partition coefficient (Wildman–Crippen LogP) is 0.179. The van der Waals surface area contributed by atoms with Crippen molar-refractivity contribution in [2.45, 2.75) is 13.0 Å². The Kier molecular flexibility index (Phi) is 2.10. The average molecular weight is 240 g/mol. The summed E-state index contributed by atoms with van der Waals surface area (Å²) in [6.07, 6.45) is -4.96. The summed E-state index contributed by atoms with van der Waals surface area (Å²) in [5, 5.41) is 17.8. The summed E-state index contributed by atoms with van der Waals surface area (Å²) in [5.41, 5.74) is -2.25. The average Bonchev–Trinajstić information content (AvgIpc) is 2.24. The molecule has 0 aliphatic rings. The Morgan fingerprint density at radius 3 is 2.75 bits per heavy atom. The van der Waals surface area contributed by atoms with Gasteiger partial charge in [-0.05, 0) is 18.4 Å². The molecular formula is C8H9BF3NO3. The maximum absolute atomic E-state index is 12.6. The third-order valence-electron chi connectivity index (χ3n) is 1.57. The van der Waals surface area contributed by atoms with E-state index in [0.717, 1.165) is 0 Å². The molecule has 0 aliphatic carbocycles. The number of hydrogen-bond donors (Lipinski definition) is 2. The second-order valence-corrected chi connectivity index (χ2v) is 2.70. The van der Waals surface area contributed by atoms with E-state index in [1.807, 2.05) is 0 Å². The molecule has 0 amide bonds. The van der Waals surface area contributed by atoms with Crippen LogP contribution in [0.3, 0.4) is 0 Å². The maximum atomic E-state index is 12.6. The molecule has 1 aromatic rings. The van der Waals surface area contributed by atoms with Crippen LogP contribution in [-0.2, 0) is 6.18 Å². The van der Waals surface area contributed by atoms with E-state index in [0.29, 0.717) is 12.1 Å². The third-order valence-corrected chi connectivity index (χ3v) is 1.57. The van der Waals surface area contributed by atoms with Crippen molar-refractivity contribution in [1.82, 2.24) is 4.98 Å². The van der Waals surface area contributed by atoms with E-state index in [1.165, 1.54) is 0 Å². The number of halogens is 3. The normalized spacial score (nSPS) is 17.7. The van der Waals surface area contributed by atoms with Crippen LogP contribution in [0.5, 0.6) is 5.88 Å². The number of nitrogens with zero attached hydrogens (tertiary/aromatic N) is 1. The van der Waals surface area contributed by atoms with E-state index in [2.05, 4.69) is 9.72 Å². The van der Waals surface area contributed by atoms with Crippen LogP contribution >= 0.6 is 0 Å². The molecule has 0 atom stereocenters. The van der Waals surface area contributed by atoms with Gasteiger partial charge in [0.2, 0.25) is 5.88 Å². The molecular weight excluding hydrogens is 226 g/mol. The van der Waals surface area contributed by atoms with Crippen molar-refractivity contribution in [3.63, 3.8) is 0 Å². The summed E-state index contributed by atoms with van der Waals surface area (Å²) in [5.74, 6) is -1.03. The molecule has 2 N–H and O–H groups in total. The first-order valence-corrected chi connectivity index (χ1v) is 3.88. The highest BCUT2D eigenvalue weighted by Gasteiger charge is 2.34. The summed E-state index contributed by atoms with van der Waals surface area (Å²) in [4.78, 5) is 2.93. The minimum atomic E-state index is -4.96. The monoisotopic (exact) mass is 240 g/mol. The van der Waals surface area contributed by atoms with Gasteiger partial charge in [-0.1, -0.05) is 0 Å². The highest BCUT2D eigenvalue weighted by Crippen LogP contribution is 2.28. The summed E-state index contributed by atoms with van der Waals surface area (Å²) in [6.45, 7) is -6.58. The quantitative estimate of drug-likeness (QED) is 0.739. The number of ether oxygens (including phenoxy) is 1. The lowest BCUT2D eigenvalue weighted by atomic mass is 9.80. The smallest absolute Gasteiger partial charge is 0.478 e. The van der Waals surface area contributed by atoms with Gasteiger partial charge in [0.05, 0.1) is 9.30 Å². The summed E-state index contributed by atoms with van der Waals surface area (Å²) < 4.78 is 77.1. The van der Waals surface area contributed by atoms with Gasteiger partial charge in [0, 0.05) is 10.2 Å². The molecule has 0 aromatic carbocycles. The van der Waals surface area contributed by atoms with Crippen LogP contribution < -0.4 is 10.2 Å². The Morgan fingerprint density at radius 2 is 2.25 bits per heavy atom. The van der Waals surface area contributed by atoms with Gasteiger partial charge in [0.1, 0.15) is 5.69 Å². The minimum absolute atomic E-state index is 0.322. The van der Waals surface area contributed by atoms with Gasteiger partial charge >= 0.3 is 13.3 Å². The van der Waals surface area contributed by atoms with Gasteiger partial charge in [-0.3, -0.25) is 0 Å². The van der Waals surface area contributed by atoms with Crippen molar-refractivity contribution in [3.05, 3.63) is 17.8 Å². The molecule has 16 heavy (non-hydrogen) atoms. The molecule has 0 aliphatic heterocycles. The van der Waals surface area contributed by atoms with E-state index in [-0.39, 0.29) is 0 Å². The summed E-state index contributed by atoms with van der Waals surface area (Å²) in [7, 11) is -2.30. The number of rotatable bonds is 3. The molecule has 0 unspecified atom stereocenters. The van der Waals surface area contributed by atoms with Gasteiger partial charge in [-0.25, -0.2) is 4.98 Å². The van der Waals surface area contributed by atoms with E-state index >= 15 is 0 Å². The Balaban J connectivity index is 3.28. The van der Waals surface area contributed by atoms with Crippen LogP contribution in [0.15, 0.2) is 12.1 Å². The highest BCUT2D eigenvalue weighted by molar-refractivity contribution is 6.58. The van der Waals surface area contributed by atoms with Crippen molar-refractivity contribution in [1.29, 1.82) is 0 Å². The molecule has 0 saturated heterocycles. The van der Waals surface area contributed by atoms with Crippen LogP contribution in [0, 0.1) is 0 Å². The first-order valence-electron chi connectivity index (χ1n) is 6.38. The Labute approximate surface area is 96.9 Å². The fourth-order valence-corrected chi connectivity index (χ4v) is 0.924. The standard InChI is InChI=1S/C8H9BF3NO3/c1-2-16-7-4-5(9(14)15)3-6(13-7)8(10,11)12/h3-4,14-15H,2H2,1H3/i1D3,2D2. The van der Waals surface area contributed by atoms with Crippen LogP contribution in [-0.4, -0.2) is 28.7 Å². The van der Waals surface area contributed by atoms with Gasteiger partial charge in [0.15, 0.2) is 0 Å². The molecule has 0 bridgehead atoms.